The summed E-state index contributed by atoms with van der Waals surface area (Å²) in [5.41, 5.74) is 2.90. The van der Waals surface area contributed by atoms with Gasteiger partial charge in [-0.2, -0.15) is 0 Å². The lowest BCUT2D eigenvalue weighted by Gasteiger charge is -2.23. The second-order valence-corrected chi connectivity index (χ2v) is 5.07. The number of aliphatic hydroxyl groups excluding tert-OH is 1. The Morgan fingerprint density at radius 1 is 1.33 bits per heavy atom. The van der Waals surface area contributed by atoms with Gasteiger partial charge in [0.25, 0.3) is 0 Å². The summed E-state index contributed by atoms with van der Waals surface area (Å²) >= 11 is 0. The van der Waals surface area contributed by atoms with Crippen LogP contribution in [0, 0.1) is 0 Å². The lowest BCUT2D eigenvalue weighted by atomic mass is 10.0. The number of benzene rings is 1. The molecule has 0 aromatic heterocycles. The normalized spacial score (nSPS) is 18.1. The molecule has 0 amide bonds. The van der Waals surface area contributed by atoms with Gasteiger partial charge >= 0.3 is 0 Å². The molecule has 1 atom stereocenters. The number of hydrogen-bond donors (Lipinski definition) is 2. The van der Waals surface area contributed by atoms with Crippen LogP contribution in [0.5, 0.6) is 0 Å². The maximum atomic E-state index is 9.97. The van der Waals surface area contributed by atoms with E-state index < -0.39 is 0 Å². The predicted octanol–water partition coefficient (Wildman–Crippen LogP) is 1.41. The molecule has 0 spiro atoms. The summed E-state index contributed by atoms with van der Waals surface area (Å²) in [5, 5.41) is 13.2. The molecule has 1 aromatic rings. The SMILES string of the molecule is CCNCC(O)CN1CCCc2ccccc2C1. The van der Waals surface area contributed by atoms with Gasteiger partial charge in [-0.3, -0.25) is 4.90 Å². The van der Waals surface area contributed by atoms with Crippen LogP contribution in [0.1, 0.15) is 24.5 Å². The Morgan fingerprint density at radius 3 is 2.89 bits per heavy atom. The highest BCUT2D eigenvalue weighted by molar-refractivity contribution is 5.28. The van der Waals surface area contributed by atoms with Gasteiger partial charge in [0.15, 0.2) is 0 Å². The molecule has 3 heteroatoms. The van der Waals surface area contributed by atoms with Crippen molar-refractivity contribution in [3.8, 4) is 0 Å². The molecule has 0 aliphatic carbocycles. The largest absolute Gasteiger partial charge is 0.390 e. The summed E-state index contributed by atoms with van der Waals surface area (Å²) in [6.45, 7) is 6.49. The zero-order valence-electron chi connectivity index (χ0n) is 11.2. The van der Waals surface area contributed by atoms with Gasteiger partial charge < -0.3 is 10.4 Å². The fourth-order valence-electron chi connectivity index (χ4n) is 2.60. The maximum Gasteiger partial charge on any atom is 0.0791 e. The van der Waals surface area contributed by atoms with Crippen LogP contribution < -0.4 is 5.32 Å². The average molecular weight is 248 g/mol. The van der Waals surface area contributed by atoms with E-state index in [0.717, 1.165) is 32.6 Å². The van der Waals surface area contributed by atoms with Crippen molar-refractivity contribution in [1.29, 1.82) is 0 Å². The summed E-state index contributed by atoms with van der Waals surface area (Å²) < 4.78 is 0. The molecule has 0 radical (unpaired) electrons. The third kappa shape index (κ3) is 3.80. The number of likely N-dealkylation sites (N-methyl/N-ethyl adjacent to an activating group) is 1. The highest BCUT2D eigenvalue weighted by atomic mass is 16.3. The summed E-state index contributed by atoms with van der Waals surface area (Å²) in [6, 6.07) is 8.67. The van der Waals surface area contributed by atoms with E-state index in [1.807, 2.05) is 0 Å². The minimum atomic E-state index is -0.268. The number of hydrogen-bond acceptors (Lipinski definition) is 3. The Morgan fingerprint density at radius 2 is 2.11 bits per heavy atom. The Balaban J connectivity index is 1.91. The fourth-order valence-corrected chi connectivity index (χ4v) is 2.60. The van der Waals surface area contributed by atoms with Crippen molar-refractivity contribution in [3.63, 3.8) is 0 Å². The number of aryl methyl sites for hydroxylation is 1. The Bertz CT molecular complexity index is 367. The van der Waals surface area contributed by atoms with E-state index >= 15 is 0 Å². The average Bonchev–Trinajstić information content (AvgIpc) is 2.57. The van der Waals surface area contributed by atoms with Crippen LogP contribution in [0.3, 0.4) is 0 Å². The lowest BCUT2D eigenvalue weighted by Crippen LogP contribution is -2.38. The van der Waals surface area contributed by atoms with Crippen molar-refractivity contribution in [2.75, 3.05) is 26.2 Å². The van der Waals surface area contributed by atoms with Crippen LogP contribution >= 0.6 is 0 Å². The first-order valence-electron chi connectivity index (χ1n) is 6.97. The third-order valence-corrected chi connectivity index (χ3v) is 3.53. The van der Waals surface area contributed by atoms with Crippen molar-refractivity contribution >= 4 is 0 Å². The minimum Gasteiger partial charge on any atom is -0.390 e. The first-order chi connectivity index (χ1) is 8.79. The van der Waals surface area contributed by atoms with Gasteiger partial charge in [-0.25, -0.2) is 0 Å². The number of aliphatic hydroxyl groups is 1. The summed E-state index contributed by atoms with van der Waals surface area (Å²) in [7, 11) is 0. The molecule has 0 saturated carbocycles. The number of rotatable bonds is 5. The van der Waals surface area contributed by atoms with Crippen molar-refractivity contribution in [2.24, 2.45) is 0 Å². The summed E-state index contributed by atoms with van der Waals surface area (Å²) in [4.78, 5) is 2.37. The van der Waals surface area contributed by atoms with Crippen molar-refractivity contribution < 1.29 is 5.11 Å². The van der Waals surface area contributed by atoms with Crippen LogP contribution in [0.25, 0.3) is 0 Å². The number of fused-ring (bicyclic) bond motifs is 1. The van der Waals surface area contributed by atoms with E-state index in [2.05, 4.69) is 41.4 Å². The molecular formula is C15H24N2O. The monoisotopic (exact) mass is 248 g/mol. The number of nitrogens with one attached hydrogen (secondary N) is 1. The van der Waals surface area contributed by atoms with E-state index in [4.69, 9.17) is 0 Å². The molecule has 2 rings (SSSR count). The van der Waals surface area contributed by atoms with E-state index in [-0.39, 0.29) is 6.10 Å². The van der Waals surface area contributed by atoms with Crippen LogP contribution in [0.15, 0.2) is 24.3 Å². The molecule has 1 aliphatic heterocycles. The van der Waals surface area contributed by atoms with E-state index in [0.29, 0.717) is 6.54 Å². The predicted molar refractivity (Wildman–Crippen MR) is 74.6 cm³/mol. The van der Waals surface area contributed by atoms with Gasteiger partial charge in [0, 0.05) is 19.6 Å². The van der Waals surface area contributed by atoms with Crippen molar-refractivity contribution in [1.82, 2.24) is 10.2 Å². The van der Waals surface area contributed by atoms with Crippen LogP contribution in [0.4, 0.5) is 0 Å². The molecule has 0 saturated heterocycles. The zero-order valence-corrected chi connectivity index (χ0v) is 11.2. The van der Waals surface area contributed by atoms with E-state index in [1.54, 1.807) is 0 Å². The summed E-state index contributed by atoms with van der Waals surface area (Å²) in [6.07, 6.45) is 2.08. The standard InChI is InChI=1S/C15H24N2O/c1-2-16-10-15(18)12-17-9-5-8-13-6-3-4-7-14(13)11-17/h3-4,6-7,15-16,18H,2,5,8-12H2,1H3. The first-order valence-corrected chi connectivity index (χ1v) is 6.97. The quantitative estimate of drug-likeness (QED) is 0.827. The number of β-amino-alcohol motifs (C(OH)–C–C–N with tert-alkyl or cyclic N) is 1. The van der Waals surface area contributed by atoms with Gasteiger partial charge in [-0.05, 0) is 37.1 Å². The zero-order chi connectivity index (χ0) is 12.8. The smallest absolute Gasteiger partial charge is 0.0791 e. The molecular weight excluding hydrogens is 224 g/mol. The molecule has 1 aliphatic rings. The minimum absolute atomic E-state index is 0.268. The van der Waals surface area contributed by atoms with Crippen molar-refractivity contribution in [3.05, 3.63) is 35.4 Å². The highest BCUT2D eigenvalue weighted by Gasteiger charge is 2.16. The van der Waals surface area contributed by atoms with Crippen LogP contribution in [-0.2, 0) is 13.0 Å². The molecule has 1 unspecified atom stereocenters. The second kappa shape index (κ2) is 6.88. The Kier molecular flexibility index (Phi) is 5.17. The van der Waals surface area contributed by atoms with Gasteiger partial charge in [0.2, 0.25) is 0 Å². The first kappa shape index (κ1) is 13.5. The molecule has 0 bridgehead atoms. The maximum absolute atomic E-state index is 9.97. The number of nitrogens with zero attached hydrogens (tertiary/aromatic N) is 1. The highest BCUT2D eigenvalue weighted by Crippen LogP contribution is 2.18. The molecule has 18 heavy (non-hydrogen) atoms. The third-order valence-electron chi connectivity index (χ3n) is 3.53. The molecule has 1 aromatic carbocycles. The molecule has 1 heterocycles. The molecule has 0 fully saturated rings. The summed E-state index contributed by atoms with van der Waals surface area (Å²) in [5.74, 6) is 0. The lowest BCUT2D eigenvalue weighted by molar-refractivity contribution is 0.109. The fraction of sp³-hybridized carbons (Fsp3) is 0.600. The van der Waals surface area contributed by atoms with Gasteiger partial charge in [-0.1, -0.05) is 31.2 Å². The Hall–Kier alpha value is -0.900. The van der Waals surface area contributed by atoms with Gasteiger partial charge in [-0.15, -0.1) is 0 Å². The second-order valence-electron chi connectivity index (χ2n) is 5.07. The van der Waals surface area contributed by atoms with Crippen LogP contribution in [0.2, 0.25) is 0 Å². The molecule has 3 nitrogen and oxygen atoms in total. The van der Waals surface area contributed by atoms with Crippen molar-refractivity contribution in [2.45, 2.75) is 32.4 Å². The van der Waals surface area contributed by atoms with Crippen LogP contribution in [-0.4, -0.2) is 42.3 Å². The topological polar surface area (TPSA) is 35.5 Å². The van der Waals surface area contributed by atoms with E-state index in [9.17, 15) is 5.11 Å². The Labute approximate surface area is 110 Å². The van der Waals surface area contributed by atoms with E-state index in [1.165, 1.54) is 17.5 Å². The van der Waals surface area contributed by atoms with Gasteiger partial charge in [0.05, 0.1) is 6.10 Å². The molecule has 100 valence electrons. The van der Waals surface area contributed by atoms with Gasteiger partial charge in [0.1, 0.15) is 0 Å². The molecule has 2 N–H and O–H groups in total.